The number of carbonyl (C=O) groups is 1. The number of nitrogens with one attached hydrogen (secondary N) is 2. The Hall–Kier alpha value is -0.610. The first-order valence-corrected chi connectivity index (χ1v) is 7.40. The largest absolute Gasteiger partial charge is 0.381 e. The van der Waals surface area contributed by atoms with Gasteiger partial charge in [-0.2, -0.15) is 0 Å². The minimum absolute atomic E-state index is 0.136. The first-order chi connectivity index (χ1) is 8.83. The summed E-state index contributed by atoms with van der Waals surface area (Å²) in [6.45, 7) is 5.01. The summed E-state index contributed by atoms with van der Waals surface area (Å²) in [7, 11) is 0. The molecule has 0 heterocycles. The summed E-state index contributed by atoms with van der Waals surface area (Å²) in [5, 5.41) is 6.26. The molecule has 4 nitrogen and oxygen atoms in total. The number of hydrogen-bond acceptors (Lipinski definition) is 3. The first kappa shape index (κ1) is 15.4. The number of hydrogen-bond donors (Lipinski definition) is 2. The molecule has 1 aliphatic rings. The van der Waals surface area contributed by atoms with Crippen LogP contribution in [0.15, 0.2) is 0 Å². The molecule has 0 unspecified atom stereocenters. The average molecular weight is 256 g/mol. The fourth-order valence-electron chi connectivity index (χ4n) is 2.27. The lowest BCUT2D eigenvalue weighted by Gasteiger charge is -2.22. The van der Waals surface area contributed by atoms with Crippen LogP contribution < -0.4 is 10.6 Å². The summed E-state index contributed by atoms with van der Waals surface area (Å²) in [6, 6.07) is 0.418. The van der Waals surface area contributed by atoms with Gasteiger partial charge in [-0.1, -0.05) is 26.2 Å². The number of ether oxygens (including phenoxy) is 1. The van der Waals surface area contributed by atoms with Gasteiger partial charge in [0.1, 0.15) is 0 Å². The minimum atomic E-state index is 0.136. The molecule has 18 heavy (non-hydrogen) atoms. The molecule has 2 N–H and O–H groups in total. The quantitative estimate of drug-likeness (QED) is 0.619. The van der Waals surface area contributed by atoms with Crippen LogP contribution in [0.3, 0.4) is 0 Å². The Morgan fingerprint density at radius 3 is 2.72 bits per heavy atom. The Morgan fingerprint density at radius 1 is 1.22 bits per heavy atom. The molecule has 4 heteroatoms. The van der Waals surface area contributed by atoms with E-state index in [0.717, 1.165) is 45.4 Å². The Morgan fingerprint density at radius 2 is 2.00 bits per heavy atom. The Bertz CT molecular complexity index is 216. The molecule has 1 rings (SSSR count). The molecule has 0 aromatic carbocycles. The third kappa shape index (κ3) is 7.67. The van der Waals surface area contributed by atoms with Crippen molar-refractivity contribution in [2.75, 3.05) is 26.3 Å². The van der Waals surface area contributed by atoms with Crippen molar-refractivity contribution in [1.29, 1.82) is 0 Å². The van der Waals surface area contributed by atoms with Gasteiger partial charge < -0.3 is 15.4 Å². The van der Waals surface area contributed by atoms with Crippen LogP contribution in [0.2, 0.25) is 0 Å². The van der Waals surface area contributed by atoms with Gasteiger partial charge in [-0.25, -0.2) is 0 Å². The van der Waals surface area contributed by atoms with Crippen molar-refractivity contribution >= 4 is 5.91 Å². The third-order valence-electron chi connectivity index (χ3n) is 3.25. The molecular weight excluding hydrogens is 228 g/mol. The van der Waals surface area contributed by atoms with Crippen molar-refractivity contribution in [3.63, 3.8) is 0 Å². The van der Waals surface area contributed by atoms with E-state index in [1.807, 2.05) is 0 Å². The van der Waals surface area contributed by atoms with Gasteiger partial charge in [0.25, 0.3) is 0 Å². The number of amides is 1. The van der Waals surface area contributed by atoms with Gasteiger partial charge in [0, 0.05) is 19.3 Å². The van der Waals surface area contributed by atoms with Crippen LogP contribution in [0.4, 0.5) is 0 Å². The van der Waals surface area contributed by atoms with E-state index in [1.54, 1.807) is 0 Å². The molecule has 1 amide bonds. The van der Waals surface area contributed by atoms with Crippen molar-refractivity contribution in [3.05, 3.63) is 0 Å². The van der Waals surface area contributed by atoms with Gasteiger partial charge in [-0.3, -0.25) is 4.79 Å². The highest BCUT2D eigenvalue weighted by atomic mass is 16.5. The van der Waals surface area contributed by atoms with E-state index < -0.39 is 0 Å². The van der Waals surface area contributed by atoms with E-state index in [4.69, 9.17) is 4.74 Å². The normalized spacial score (nSPS) is 16.7. The first-order valence-electron chi connectivity index (χ1n) is 7.40. The molecule has 106 valence electrons. The van der Waals surface area contributed by atoms with E-state index in [2.05, 4.69) is 17.6 Å². The summed E-state index contributed by atoms with van der Waals surface area (Å²) in [4.78, 5) is 11.6. The van der Waals surface area contributed by atoms with Gasteiger partial charge in [-0.05, 0) is 32.2 Å². The standard InChI is InChI=1S/C14H28N2O2/c1-2-10-18-11-6-9-15-12-14(17)16-13-7-4-3-5-8-13/h13,15H,2-12H2,1H3,(H,16,17). The predicted octanol–water partition coefficient (Wildman–Crippen LogP) is 1.84. The fourth-order valence-corrected chi connectivity index (χ4v) is 2.27. The van der Waals surface area contributed by atoms with Crippen molar-refractivity contribution in [2.24, 2.45) is 0 Å². The predicted molar refractivity (Wildman–Crippen MR) is 73.6 cm³/mol. The SMILES string of the molecule is CCCOCCCNCC(=O)NC1CCCCC1. The van der Waals surface area contributed by atoms with Crippen LogP contribution in [0, 0.1) is 0 Å². The summed E-state index contributed by atoms with van der Waals surface area (Å²) in [5.41, 5.74) is 0. The van der Waals surface area contributed by atoms with E-state index >= 15 is 0 Å². The molecule has 0 aliphatic heterocycles. The lowest BCUT2D eigenvalue weighted by Crippen LogP contribution is -2.41. The number of rotatable bonds is 9. The maximum atomic E-state index is 11.6. The zero-order valence-corrected chi connectivity index (χ0v) is 11.7. The topological polar surface area (TPSA) is 50.4 Å². The van der Waals surface area contributed by atoms with Crippen LogP contribution in [-0.4, -0.2) is 38.3 Å². The fraction of sp³-hybridized carbons (Fsp3) is 0.929. The summed E-state index contributed by atoms with van der Waals surface area (Å²) >= 11 is 0. The minimum Gasteiger partial charge on any atom is -0.381 e. The molecule has 0 radical (unpaired) electrons. The van der Waals surface area contributed by atoms with Crippen LogP contribution in [-0.2, 0) is 9.53 Å². The van der Waals surface area contributed by atoms with Crippen LogP contribution in [0.25, 0.3) is 0 Å². The molecule has 0 bridgehead atoms. The molecule has 0 atom stereocenters. The molecule has 0 aromatic rings. The van der Waals surface area contributed by atoms with Crippen molar-refractivity contribution in [2.45, 2.75) is 57.9 Å². The van der Waals surface area contributed by atoms with Gasteiger partial charge in [0.15, 0.2) is 0 Å². The lowest BCUT2D eigenvalue weighted by atomic mass is 9.95. The molecule has 0 spiro atoms. The highest BCUT2D eigenvalue weighted by Crippen LogP contribution is 2.16. The highest BCUT2D eigenvalue weighted by Gasteiger charge is 2.14. The van der Waals surface area contributed by atoms with Gasteiger partial charge in [0.2, 0.25) is 5.91 Å². The summed E-state index contributed by atoms with van der Waals surface area (Å²) < 4.78 is 5.37. The molecule has 1 aliphatic carbocycles. The van der Waals surface area contributed by atoms with Gasteiger partial charge >= 0.3 is 0 Å². The molecule has 0 aromatic heterocycles. The van der Waals surface area contributed by atoms with E-state index in [0.29, 0.717) is 12.6 Å². The molecule has 1 saturated carbocycles. The van der Waals surface area contributed by atoms with E-state index in [-0.39, 0.29) is 5.91 Å². The average Bonchev–Trinajstić information content (AvgIpc) is 2.39. The molecule has 1 fully saturated rings. The van der Waals surface area contributed by atoms with Gasteiger partial charge in [-0.15, -0.1) is 0 Å². The van der Waals surface area contributed by atoms with Crippen molar-refractivity contribution in [3.8, 4) is 0 Å². The maximum absolute atomic E-state index is 11.6. The van der Waals surface area contributed by atoms with Crippen LogP contribution in [0.5, 0.6) is 0 Å². The van der Waals surface area contributed by atoms with Crippen molar-refractivity contribution in [1.82, 2.24) is 10.6 Å². The van der Waals surface area contributed by atoms with Crippen molar-refractivity contribution < 1.29 is 9.53 Å². The zero-order chi connectivity index (χ0) is 13.1. The second kappa shape index (κ2) is 10.3. The Labute approximate surface area is 111 Å². The second-order valence-corrected chi connectivity index (χ2v) is 5.05. The van der Waals surface area contributed by atoms with Crippen LogP contribution in [0.1, 0.15) is 51.9 Å². The lowest BCUT2D eigenvalue weighted by molar-refractivity contribution is -0.121. The highest BCUT2D eigenvalue weighted by molar-refractivity contribution is 5.78. The van der Waals surface area contributed by atoms with Gasteiger partial charge in [0.05, 0.1) is 6.54 Å². The monoisotopic (exact) mass is 256 g/mol. The zero-order valence-electron chi connectivity index (χ0n) is 11.7. The second-order valence-electron chi connectivity index (χ2n) is 5.05. The van der Waals surface area contributed by atoms with E-state index in [1.165, 1.54) is 19.3 Å². The molecule has 0 saturated heterocycles. The van der Waals surface area contributed by atoms with Crippen LogP contribution >= 0.6 is 0 Å². The Balaban J connectivity index is 1.90. The summed E-state index contributed by atoms with van der Waals surface area (Å²) in [6.07, 6.45) is 8.17. The third-order valence-corrected chi connectivity index (χ3v) is 3.25. The maximum Gasteiger partial charge on any atom is 0.234 e. The Kier molecular flexibility index (Phi) is 8.86. The smallest absolute Gasteiger partial charge is 0.234 e. The number of carbonyl (C=O) groups excluding carboxylic acids is 1. The van der Waals surface area contributed by atoms with E-state index in [9.17, 15) is 4.79 Å². The summed E-state index contributed by atoms with van der Waals surface area (Å²) in [5.74, 6) is 0.136. The molecular formula is C14H28N2O2.